The molecule has 0 radical (unpaired) electrons. The monoisotopic (exact) mass is 420 g/mol. The predicted molar refractivity (Wildman–Crippen MR) is 115 cm³/mol. The van der Waals surface area contributed by atoms with Crippen LogP contribution < -0.4 is 24.4 Å². The van der Waals surface area contributed by atoms with Crippen molar-refractivity contribution in [2.75, 3.05) is 14.2 Å². The van der Waals surface area contributed by atoms with Crippen LogP contribution in [0.4, 0.5) is 0 Å². The number of hydrogen-bond acceptors (Lipinski definition) is 7. The quantitative estimate of drug-likeness (QED) is 0.456. The predicted octanol–water partition coefficient (Wildman–Crippen LogP) is 4.89. The molecule has 0 aliphatic heterocycles. The zero-order valence-electron chi connectivity index (χ0n) is 17.0. The minimum Gasteiger partial charge on any atom is -0.504 e. The minimum atomic E-state index is -0.468. The molecular weight excluding hydrogens is 400 g/mol. The molecule has 7 nitrogen and oxygen atoms in total. The normalized spacial score (nSPS) is 10.6. The van der Waals surface area contributed by atoms with Gasteiger partial charge in [0.05, 0.1) is 20.3 Å². The highest BCUT2D eigenvalue weighted by Gasteiger charge is 2.20. The molecule has 0 saturated carbocycles. The standard InChI is InChI=1S/C24H20O7/c1-27-16-10-8-15(9-11-16)14-29-20-13-19-22(23(26)24(20)28-2)18(25)12-21(31-19)30-17-6-4-3-5-7-17/h3-13,26H,14H2,1-2H3. The average Bonchev–Trinajstić information content (AvgIpc) is 2.78. The van der Waals surface area contributed by atoms with Crippen molar-refractivity contribution in [1.29, 1.82) is 0 Å². The van der Waals surface area contributed by atoms with E-state index in [1.807, 2.05) is 30.3 Å². The van der Waals surface area contributed by atoms with Crippen LogP contribution in [-0.4, -0.2) is 19.3 Å². The maximum Gasteiger partial charge on any atom is 0.294 e. The first kappa shape index (κ1) is 20.2. The van der Waals surface area contributed by atoms with E-state index >= 15 is 0 Å². The van der Waals surface area contributed by atoms with E-state index in [0.29, 0.717) is 5.75 Å². The topological polar surface area (TPSA) is 87.4 Å². The summed E-state index contributed by atoms with van der Waals surface area (Å²) in [5.41, 5.74) is 0.524. The maximum absolute atomic E-state index is 12.6. The van der Waals surface area contributed by atoms with Gasteiger partial charge in [-0.25, -0.2) is 0 Å². The average molecular weight is 420 g/mol. The number of ether oxygens (including phenoxy) is 4. The molecule has 0 saturated heterocycles. The number of aromatic hydroxyl groups is 1. The molecule has 4 aromatic rings. The van der Waals surface area contributed by atoms with E-state index in [4.69, 9.17) is 23.4 Å². The molecule has 4 rings (SSSR count). The molecule has 31 heavy (non-hydrogen) atoms. The Labute approximate surface area is 178 Å². The van der Waals surface area contributed by atoms with E-state index in [2.05, 4.69) is 0 Å². The minimum absolute atomic E-state index is 0.00521. The highest BCUT2D eigenvalue weighted by Crippen LogP contribution is 2.42. The van der Waals surface area contributed by atoms with Gasteiger partial charge in [-0.05, 0) is 29.8 Å². The van der Waals surface area contributed by atoms with Crippen LogP contribution in [0.25, 0.3) is 11.0 Å². The number of fused-ring (bicyclic) bond motifs is 1. The summed E-state index contributed by atoms with van der Waals surface area (Å²) in [6.45, 7) is 0.204. The summed E-state index contributed by atoms with van der Waals surface area (Å²) < 4.78 is 27.6. The third kappa shape index (κ3) is 4.25. The van der Waals surface area contributed by atoms with E-state index in [0.717, 1.165) is 11.3 Å². The Morgan fingerprint density at radius 1 is 0.903 bits per heavy atom. The lowest BCUT2D eigenvalue weighted by molar-refractivity contribution is 0.277. The molecule has 0 aliphatic carbocycles. The summed E-state index contributed by atoms with van der Waals surface area (Å²) in [5, 5.41) is 10.6. The molecule has 3 aromatic carbocycles. The van der Waals surface area contributed by atoms with Gasteiger partial charge in [0.1, 0.15) is 29.1 Å². The summed E-state index contributed by atoms with van der Waals surface area (Å²) in [6.07, 6.45) is 0. The van der Waals surface area contributed by atoms with E-state index in [9.17, 15) is 9.90 Å². The molecule has 7 heteroatoms. The fourth-order valence-electron chi connectivity index (χ4n) is 3.08. The molecule has 0 aliphatic rings. The van der Waals surface area contributed by atoms with Crippen LogP contribution in [0.15, 0.2) is 75.9 Å². The Balaban J connectivity index is 1.69. The Kier molecular flexibility index (Phi) is 5.66. The lowest BCUT2D eigenvalue weighted by atomic mass is 10.1. The van der Waals surface area contributed by atoms with Crippen LogP contribution in [0, 0.1) is 0 Å². The van der Waals surface area contributed by atoms with Crippen molar-refractivity contribution >= 4 is 11.0 Å². The second-order valence-electron chi connectivity index (χ2n) is 6.61. The number of benzene rings is 3. The third-order valence-corrected chi connectivity index (χ3v) is 4.61. The van der Waals surface area contributed by atoms with E-state index in [-0.39, 0.29) is 40.8 Å². The van der Waals surface area contributed by atoms with Crippen LogP contribution in [0.5, 0.6) is 34.7 Å². The molecule has 1 aromatic heterocycles. The van der Waals surface area contributed by atoms with Crippen molar-refractivity contribution < 1.29 is 28.5 Å². The van der Waals surface area contributed by atoms with Gasteiger partial charge < -0.3 is 28.5 Å². The van der Waals surface area contributed by atoms with Gasteiger partial charge in [0.2, 0.25) is 11.2 Å². The fraction of sp³-hybridized carbons (Fsp3) is 0.125. The molecule has 1 N–H and O–H groups in total. The smallest absolute Gasteiger partial charge is 0.294 e. The lowest BCUT2D eigenvalue weighted by Crippen LogP contribution is -2.04. The van der Waals surface area contributed by atoms with Crippen LogP contribution >= 0.6 is 0 Å². The first-order valence-corrected chi connectivity index (χ1v) is 9.45. The largest absolute Gasteiger partial charge is 0.504 e. The van der Waals surface area contributed by atoms with Crippen LogP contribution in [0.1, 0.15) is 5.56 Å². The second kappa shape index (κ2) is 8.71. The Hall–Kier alpha value is -4.13. The molecule has 0 bridgehead atoms. The zero-order valence-corrected chi connectivity index (χ0v) is 17.0. The van der Waals surface area contributed by atoms with E-state index in [1.165, 1.54) is 19.2 Å². The zero-order chi connectivity index (χ0) is 21.8. The summed E-state index contributed by atoms with van der Waals surface area (Å²) in [4.78, 5) is 12.6. The first-order chi connectivity index (χ1) is 15.1. The molecule has 158 valence electrons. The SMILES string of the molecule is COc1ccc(COc2cc3oc(Oc4ccccc4)cc(=O)c3c(O)c2OC)cc1. The van der Waals surface area contributed by atoms with Gasteiger partial charge >= 0.3 is 0 Å². The number of hydrogen-bond donors (Lipinski definition) is 1. The van der Waals surface area contributed by atoms with Gasteiger partial charge in [-0.15, -0.1) is 0 Å². The highest BCUT2D eigenvalue weighted by atomic mass is 16.6. The summed E-state index contributed by atoms with van der Waals surface area (Å²) in [6, 6.07) is 18.9. The van der Waals surface area contributed by atoms with Crippen molar-refractivity contribution in [2.45, 2.75) is 6.61 Å². The molecule has 1 heterocycles. The van der Waals surface area contributed by atoms with Crippen LogP contribution in [0.2, 0.25) is 0 Å². The van der Waals surface area contributed by atoms with Gasteiger partial charge in [-0.1, -0.05) is 30.3 Å². The van der Waals surface area contributed by atoms with E-state index < -0.39 is 5.43 Å². The van der Waals surface area contributed by atoms with Crippen LogP contribution in [0.3, 0.4) is 0 Å². The molecule has 0 amide bonds. The molecule has 0 atom stereocenters. The number of rotatable bonds is 7. The molecule has 0 spiro atoms. The number of methoxy groups -OCH3 is 2. The highest BCUT2D eigenvalue weighted by molar-refractivity contribution is 5.88. The number of para-hydroxylation sites is 1. The molecular formula is C24H20O7. The molecule has 0 fully saturated rings. The second-order valence-corrected chi connectivity index (χ2v) is 6.61. The maximum atomic E-state index is 12.6. The summed E-state index contributed by atoms with van der Waals surface area (Å²) >= 11 is 0. The van der Waals surface area contributed by atoms with Crippen molar-refractivity contribution in [3.05, 3.63) is 82.5 Å². The van der Waals surface area contributed by atoms with Crippen molar-refractivity contribution in [1.82, 2.24) is 0 Å². The van der Waals surface area contributed by atoms with E-state index in [1.54, 1.807) is 31.4 Å². The van der Waals surface area contributed by atoms with Crippen LogP contribution in [-0.2, 0) is 6.61 Å². The Bertz CT molecular complexity index is 1250. The Morgan fingerprint density at radius 3 is 2.32 bits per heavy atom. The third-order valence-electron chi connectivity index (χ3n) is 4.61. The van der Waals surface area contributed by atoms with Crippen molar-refractivity contribution in [3.63, 3.8) is 0 Å². The van der Waals surface area contributed by atoms with Gasteiger partial charge in [-0.3, -0.25) is 4.79 Å². The van der Waals surface area contributed by atoms with Gasteiger partial charge in [-0.2, -0.15) is 0 Å². The first-order valence-electron chi connectivity index (χ1n) is 9.45. The van der Waals surface area contributed by atoms with Gasteiger partial charge in [0.15, 0.2) is 11.5 Å². The summed E-state index contributed by atoms with van der Waals surface area (Å²) in [7, 11) is 2.98. The lowest BCUT2D eigenvalue weighted by Gasteiger charge is -2.14. The van der Waals surface area contributed by atoms with Gasteiger partial charge in [0.25, 0.3) is 5.95 Å². The van der Waals surface area contributed by atoms with Crippen molar-refractivity contribution in [2.24, 2.45) is 0 Å². The summed E-state index contributed by atoms with van der Waals surface area (Å²) in [5.74, 6) is 1.16. The Morgan fingerprint density at radius 2 is 1.65 bits per heavy atom. The number of phenols is 1. The van der Waals surface area contributed by atoms with Crippen molar-refractivity contribution in [3.8, 4) is 34.7 Å². The van der Waals surface area contributed by atoms with Gasteiger partial charge in [0, 0.05) is 6.07 Å². The number of phenolic OH excluding ortho intramolecular Hbond substituents is 1. The molecule has 0 unspecified atom stereocenters. The fourth-order valence-corrected chi connectivity index (χ4v) is 3.08.